The predicted octanol–water partition coefficient (Wildman–Crippen LogP) is 1.29. The fourth-order valence-electron chi connectivity index (χ4n) is 2.52. The van der Waals surface area contributed by atoms with Gasteiger partial charge >= 0.3 is 5.76 Å². The average molecular weight is 384 g/mol. The van der Waals surface area contributed by atoms with Gasteiger partial charge in [-0.2, -0.15) is 0 Å². The van der Waals surface area contributed by atoms with Crippen LogP contribution < -0.4 is 16.0 Å². The normalized spacial score (nSPS) is 11.7. The summed E-state index contributed by atoms with van der Waals surface area (Å²) in [5.74, 6) is -1.40. The molecular formula is C17H12N4O5S. The van der Waals surface area contributed by atoms with Crippen LogP contribution in [0.2, 0.25) is 0 Å². The molecule has 4 rings (SSSR count). The van der Waals surface area contributed by atoms with E-state index in [0.29, 0.717) is 11.0 Å². The third-order valence-corrected chi connectivity index (χ3v) is 5.08. The number of amides is 1. The summed E-state index contributed by atoms with van der Waals surface area (Å²) >= 11 is 0. The lowest BCUT2D eigenvalue weighted by Gasteiger charge is -2.08. The maximum Gasteiger partial charge on any atom is 0.417 e. The first kappa shape index (κ1) is 16.9. The monoisotopic (exact) mass is 384 g/mol. The SMILES string of the molecule is O=C(NNS(=O)(=O)c1ccc2[nH]c(=O)oc2c1)c1ccc2ccccc2n1. The van der Waals surface area contributed by atoms with E-state index < -0.39 is 21.7 Å². The van der Waals surface area contributed by atoms with Crippen molar-refractivity contribution in [1.29, 1.82) is 0 Å². The number of para-hydroxylation sites is 1. The molecule has 2 aromatic carbocycles. The van der Waals surface area contributed by atoms with Crippen LogP contribution in [0.3, 0.4) is 0 Å². The molecule has 0 fully saturated rings. The highest BCUT2D eigenvalue weighted by molar-refractivity contribution is 7.89. The molecule has 1 amide bonds. The van der Waals surface area contributed by atoms with E-state index in [-0.39, 0.29) is 16.2 Å². The molecule has 0 aliphatic heterocycles. The van der Waals surface area contributed by atoms with Crippen LogP contribution in [-0.4, -0.2) is 24.3 Å². The lowest BCUT2D eigenvalue weighted by atomic mass is 10.2. The van der Waals surface area contributed by atoms with Crippen LogP contribution in [0.5, 0.6) is 0 Å². The van der Waals surface area contributed by atoms with E-state index in [1.807, 2.05) is 17.0 Å². The van der Waals surface area contributed by atoms with Crippen molar-refractivity contribution < 1.29 is 17.6 Å². The molecule has 27 heavy (non-hydrogen) atoms. The van der Waals surface area contributed by atoms with Crippen LogP contribution in [0.15, 0.2) is 68.7 Å². The third kappa shape index (κ3) is 3.30. The number of benzene rings is 2. The van der Waals surface area contributed by atoms with Crippen LogP contribution in [0.4, 0.5) is 0 Å². The highest BCUT2D eigenvalue weighted by Crippen LogP contribution is 2.16. The Hall–Kier alpha value is -3.50. The minimum atomic E-state index is -4.07. The number of hydrogen-bond acceptors (Lipinski definition) is 6. The molecule has 0 saturated heterocycles. The Morgan fingerprint density at radius 2 is 1.89 bits per heavy atom. The summed E-state index contributed by atoms with van der Waals surface area (Å²) in [6.45, 7) is 0. The van der Waals surface area contributed by atoms with Gasteiger partial charge < -0.3 is 4.42 Å². The molecule has 2 heterocycles. The number of carbonyl (C=O) groups is 1. The summed E-state index contributed by atoms with van der Waals surface area (Å²) in [6.07, 6.45) is 0. The zero-order chi connectivity index (χ0) is 19.0. The van der Waals surface area contributed by atoms with Crippen molar-refractivity contribution in [2.75, 3.05) is 0 Å². The zero-order valence-corrected chi connectivity index (χ0v) is 14.4. The fourth-order valence-corrected chi connectivity index (χ4v) is 3.38. The van der Waals surface area contributed by atoms with Gasteiger partial charge in [0.25, 0.3) is 15.9 Å². The van der Waals surface area contributed by atoms with Gasteiger partial charge in [0.2, 0.25) is 0 Å². The van der Waals surface area contributed by atoms with Gasteiger partial charge in [0.1, 0.15) is 5.69 Å². The van der Waals surface area contributed by atoms with E-state index in [1.54, 1.807) is 18.2 Å². The minimum absolute atomic E-state index is 0.0588. The van der Waals surface area contributed by atoms with Crippen LogP contribution in [0.25, 0.3) is 22.0 Å². The number of fused-ring (bicyclic) bond motifs is 2. The van der Waals surface area contributed by atoms with Crippen molar-refractivity contribution >= 4 is 37.9 Å². The number of nitrogens with one attached hydrogen (secondary N) is 3. The zero-order valence-electron chi connectivity index (χ0n) is 13.6. The number of aromatic nitrogens is 2. The summed E-state index contributed by atoms with van der Waals surface area (Å²) in [6, 6.07) is 14.3. The third-order valence-electron chi connectivity index (χ3n) is 3.83. The van der Waals surface area contributed by atoms with Crippen LogP contribution in [-0.2, 0) is 10.0 Å². The van der Waals surface area contributed by atoms with Gasteiger partial charge in [-0.1, -0.05) is 24.3 Å². The van der Waals surface area contributed by atoms with Crippen molar-refractivity contribution in [3.63, 3.8) is 0 Å². The Kier molecular flexibility index (Phi) is 3.98. The Labute approximate surface area is 152 Å². The Balaban J connectivity index is 1.54. The number of oxazole rings is 1. The number of rotatable bonds is 4. The van der Waals surface area contributed by atoms with Gasteiger partial charge in [-0.05, 0) is 24.3 Å². The topological polar surface area (TPSA) is 134 Å². The second-order valence-corrected chi connectivity index (χ2v) is 7.30. The predicted molar refractivity (Wildman–Crippen MR) is 96.4 cm³/mol. The minimum Gasteiger partial charge on any atom is -0.408 e. The number of pyridine rings is 1. The van der Waals surface area contributed by atoms with Crippen molar-refractivity contribution in [2.45, 2.75) is 4.90 Å². The van der Waals surface area contributed by atoms with Crippen molar-refractivity contribution in [1.82, 2.24) is 20.2 Å². The quantitative estimate of drug-likeness (QED) is 0.454. The smallest absolute Gasteiger partial charge is 0.408 e. The fraction of sp³-hybridized carbons (Fsp3) is 0. The van der Waals surface area contributed by atoms with Crippen molar-refractivity contribution in [3.8, 4) is 0 Å². The van der Waals surface area contributed by atoms with E-state index >= 15 is 0 Å². The molecule has 0 aliphatic rings. The van der Waals surface area contributed by atoms with Gasteiger partial charge in [-0.25, -0.2) is 18.2 Å². The molecule has 4 aromatic rings. The highest BCUT2D eigenvalue weighted by Gasteiger charge is 2.18. The van der Waals surface area contributed by atoms with E-state index in [4.69, 9.17) is 4.42 Å². The molecule has 2 aromatic heterocycles. The van der Waals surface area contributed by atoms with Gasteiger partial charge in [0.15, 0.2) is 5.58 Å². The number of carbonyl (C=O) groups excluding carboxylic acids is 1. The second kappa shape index (κ2) is 6.34. The number of H-pyrrole nitrogens is 1. The van der Waals surface area contributed by atoms with Crippen molar-refractivity contribution in [2.24, 2.45) is 0 Å². The first-order valence-corrected chi connectivity index (χ1v) is 9.21. The molecule has 0 aliphatic carbocycles. The van der Waals surface area contributed by atoms with E-state index in [1.165, 1.54) is 24.3 Å². The summed E-state index contributed by atoms with van der Waals surface area (Å²) in [5.41, 5.74) is 3.24. The average Bonchev–Trinajstić information content (AvgIpc) is 3.05. The van der Waals surface area contributed by atoms with Gasteiger partial charge in [0.05, 0.1) is 15.9 Å². The number of aromatic amines is 1. The van der Waals surface area contributed by atoms with Gasteiger partial charge in [0, 0.05) is 11.5 Å². The number of sulfonamides is 1. The first-order valence-electron chi connectivity index (χ1n) is 7.73. The standard InChI is InChI=1S/C17H12N4O5S/c22-16(14-7-5-10-3-1-2-4-12(10)18-14)20-21-27(24,25)11-6-8-13-15(9-11)26-17(23)19-13/h1-9,21H,(H,19,23)(H,20,22). The second-order valence-electron chi connectivity index (χ2n) is 5.62. The van der Waals surface area contributed by atoms with E-state index in [9.17, 15) is 18.0 Å². The molecule has 0 radical (unpaired) electrons. The maximum atomic E-state index is 12.4. The molecule has 0 saturated carbocycles. The summed E-state index contributed by atoms with van der Waals surface area (Å²) in [7, 11) is -4.07. The lowest BCUT2D eigenvalue weighted by Crippen LogP contribution is -2.41. The largest absolute Gasteiger partial charge is 0.417 e. The molecule has 0 spiro atoms. The Morgan fingerprint density at radius 3 is 2.74 bits per heavy atom. The summed E-state index contributed by atoms with van der Waals surface area (Å²) < 4.78 is 29.5. The molecular weight excluding hydrogens is 372 g/mol. The molecule has 0 bridgehead atoms. The Bertz CT molecular complexity index is 1340. The van der Waals surface area contributed by atoms with Gasteiger partial charge in [-0.15, -0.1) is 4.83 Å². The number of hydrogen-bond donors (Lipinski definition) is 3. The molecule has 136 valence electrons. The molecule has 0 atom stereocenters. The van der Waals surface area contributed by atoms with Gasteiger partial charge in [-0.3, -0.25) is 15.2 Å². The molecule has 3 N–H and O–H groups in total. The van der Waals surface area contributed by atoms with Crippen LogP contribution >= 0.6 is 0 Å². The first-order chi connectivity index (χ1) is 12.9. The summed E-state index contributed by atoms with van der Waals surface area (Å²) in [5, 5.41) is 0.857. The highest BCUT2D eigenvalue weighted by atomic mass is 32.2. The van der Waals surface area contributed by atoms with E-state index in [2.05, 4.69) is 15.4 Å². The van der Waals surface area contributed by atoms with Crippen LogP contribution in [0.1, 0.15) is 10.5 Å². The molecule has 9 nitrogen and oxygen atoms in total. The van der Waals surface area contributed by atoms with Crippen molar-refractivity contribution in [3.05, 3.63) is 70.8 Å². The summed E-state index contributed by atoms with van der Waals surface area (Å²) in [4.78, 5) is 31.8. The maximum absolute atomic E-state index is 12.4. The number of hydrazine groups is 1. The van der Waals surface area contributed by atoms with E-state index in [0.717, 1.165) is 5.39 Å². The number of nitrogens with zero attached hydrogens (tertiary/aromatic N) is 1. The molecule has 0 unspecified atom stereocenters. The lowest BCUT2D eigenvalue weighted by molar-refractivity contribution is 0.0940. The Morgan fingerprint density at radius 1 is 1.07 bits per heavy atom. The van der Waals surface area contributed by atoms with Crippen LogP contribution in [0, 0.1) is 0 Å². The molecule has 10 heteroatoms.